The fourth-order valence-electron chi connectivity index (χ4n) is 9.68. The van der Waals surface area contributed by atoms with Crippen molar-refractivity contribution in [2.75, 3.05) is 156 Å². The summed E-state index contributed by atoms with van der Waals surface area (Å²) in [7, 11) is 0. The molecule has 0 bridgehead atoms. The molecular weight excluding hydrogens is 1650 g/mol. The number of ether oxygens (including phenoxy) is 19. The molecule has 29 heteroatoms. The lowest BCUT2D eigenvalue weighted by Gasteiger charge is -2.28. The van der Waals surface area contributed by atoms with E-state index in [9.17, 15) is 14.4 Å². The number of rotatable bonds is 43. The minimum atomic E-state index is -1.94. The van der Waals surface area contributed by atoms with E-state index in [1.54, 1.807) is 42.3 Å². The standard InChI is InChI=1S/C21H21OPS.C14H24O4.C12H22O4S.C10H18O4.C9H16O4.C9H16O3.C6H11BrO2.C4H7Cl.C3H6O2/c1-24-18-22-17-23(19-11-5-2-6-12-19,20-13-7-3-8-14-20)21-15-9-4-10-16-21;1-12(2)8-15-9-13(3)10-16-11-18-14-6-4-5-7-17-14;1-11(8-14-10-17-2)7-13-9-16-12-5-3-4-6-15-12;1-9(6-11)7-12-8-14-10-4-2-3-5-13-10;1-8(10)6-11-7-13-9-4-2-3-5-12-9;1-8(2)4-11-5-9(3)6-12-7-10;7-5-9-6-3-1-2-4-8-6;1-4(2)3-5;1-3(5)2-4/h2-17H,18H2,1H3;9,14H,1,4-8,10-11H2,2-3H3;8,12H,3-7,9-10H2,1-2H3;6,9-10H,2-5,7-8H2,1H3;9H,2-7H2,1H3;5,10H,1,4,6-7H2,2-3H3;6H,1-5H2;1,3H2,2H3;4H,2H2,1H3/b;13-9+;11-8+;;;9-5+;;;. The van der Waals surface area contributed by atoms with Crippen LogP contribution in [0.1, 0.15) is 159 Å². The van der Waals surface area contributed by atoms with E-state index in [4.69, 9.17) is 112 Å². The van der Waals surface area contributed by atoms with Crippen molar-refractivity contribution in [2.24, 2.45) is 5.92 Å². The third-order valence-electron chi connectivity index (χ3n) is 15.3. The number of benzene rings is 3. The summed E-state index contributed by atoms with van der Waals surface area (Å²) in [6.45, 7) is 32.5. The lowest BCUT2D eigenvalue weighted by Crippen LogP contribution is -2.27. The van der Waals surface area contributed by atoms with Crippen molar-refractivity contribution in [1.29, 1.82) is 0 Å². The van der Waals surface area contributed by atoms with E-state index in [0.717, 1.165) is 143 Å². The Morgan fingerprint density at radius 2 is 0.786 bits per heavy atom. The lowest BCUT2D eigenvalue weighted by atomic mass is 10.2. The second-order valence-corrected chi connectivity index (χ2v) is 33.0. The van der Waals surface area contributed by atoms with Crippen LogP contribution in [-0.2, 0) is 104 Å². The Morgan fingerprint density at radius 3 is 1.07 bits per heavy atom. The first-order chi connectivity index (χ1) is 56.6. The summed E-state index contributed by atoms with van der Waals surface area (Å²) in [6, 6.07) is 32.1. The van der Waals surface area contributed by atoms with Crippen molar-refractivity contribution in [3.8, 4) is 0 Å². The highest BCUT2D eigenvalue weighted by atomic mass is 79.9. The zero-order chi connectivity index (χ0) is 86.5. The van der Waals surface area contributed by atoms with E-state index < -0.39 is 6.89 Å². The van der Waals surface area contributed by atoms with Gasteiger partial charge in [-0.05, 0) is 215 Å². The zero-order valence-electron chi connectivity index (χ0n) is 71.7. The summed E-state index contributed by atoms with van der Waals surface area (Å²) in [5, 5.41) is 20.0. The third-order valence-corrected chi connectivity index (χ3v) is 20.6. The molecular formula is C88H141BrClO24PS2. The Morgan fingerprint density at radius 1 is 0.470 bits per heavy atom. The number of allylic oxidation sites excluding steroid dienone is 1. The van der Waals surface area contributed by atoms with Crippen molar-refractivity contribution < 1.29 is 115 Å². The van der Waals surface area contributed by atoms with Crippen LogP contribution in [0.25, 0.3) is 0 Å². The second-order valence-electron chi connectivity index (χ2n) is 27.5. The predicted octanol–water partition coefficient (Wildman–Crippen LogP) is 17.0. The van der Waals surface area contributed by atoms with Crippen molar-refractivity contribution in [3.63, 3.8) is 0 Å². The minimum Gasteiger partial charge on any atom is -0.497 e. The van der Waals surface area contributed by atoms with Crippen LogP contribution in [0.15, 0.2) is 163 Å². The fraction of sp³-hybridized carbons (Fsp3) is 0.614. The van der Waals surface area contributed by atoms with Crippen molar-refractivity contribution in [1.82, 2.24) is 0 Å². The minimum absolute atomic E-state index is 0.00756. The summed E-state index contributed by atoms with van der Waals surface area (Å²) in [5.74, 6) is 3.77. The van der Waals surface area contributed by atoms with E-state index in [2.05, 4.69) is 139 Å². The molecule has 0 radical (unpaired) electrons. The first kappa shape index (κ1) is 113. The molecule has 0 saturated carbocycles. The molecule has 3 aromatic rings. The Hall–Kier alpha value is -4.44. The summed E-state index contributed by atoms with van der Waals surface area (Å²) in [4.78, 5) is 30.3. The van der Waals surface area contributed by atoms with Gasteiger partial charge in [0.05, 0.1) is 51.2 Å². The van der Waals surface area contributed by atoms with Gasteiger partial charge in [-0.2, -0.15) is 0 Å². The predicted molar refractivity (Wildman–Crippen MR) is 476 cm³/mol. The summed E-state index contributed by atoms with van der Waals surface area (Å²) < 4.78 is 101. The maximum absolute atomic E-state index is 10.5. The Balaban J connectivity index is 0.00000134. The highest BCUT2D eigenvalue weighted by molar-refractivity contribution is 9.09. The summed E-state index contributed by atoms with van der Waals surface area (Å²) >= 11 is 11.8. The molecule has 3 aromatic carbocycles. The van der Waals surface area contributed by atoms with Gasteiger partial charge in [0, 0.05) is 50.8 Å². The number of alkyl halides is 2. The van der Waals surface area contributed by atoms with Crippen LogP contribution in [0.3, 0.4) is 0 Å². The van der Waals surface area contributed by atoms with Crippen LogP contribution >= 0.6 is 57.9 Å². The molecule has 5 fully saturated rings. The topological polar surface area (TPSA) is 267 Å². The number of aliphatic hydroxyl groups excluding tert-OH is 2. The molecule has 5 aliphatic rings. The molecule has 6 atom stereocenters. The van der Waals surface area contributed by atoms with Crippen molar-refractivity contribution in [3.05, 3.63) is 163 Å². The van der Waals surface area contributed by atoms with Gasteiger partial charge in [0.15, 0.2) is 43.0 Å². The van der Waals surface area contributed by atoms with Gasteiger partial charge in [0.25, 0.3) is 0 Å². The molecule has 5 heterocycles. The van der Waals surface area contributed by atoms with Gasteiger partial charge < -0.3 is 105 Å². The number of aliphatic hydroxyl groups is 2. The molecule has 0 spiro atoms. The van der Waals surface area contributed by atoms with Crippen LogP contribution in [0.2, 0.25) is 0 Å². The van der Waals surface area contributed by atoms with Gasteiger partial charge in [0.1, 0.15) is 78.1 Å². The number of ketones is 2. The first-order valence-corrected chi connectivity index (χ1v) is 46.0. The van der Waals surface area contributed by atoms with Crippen LogP contribution in [0.5, 0.6) is 0 Å². The molecule has 0 amide bonds. The number of hydrogen-bond acceptors (Lipinski definition) is 26. The molecule has 0 aromatic heterocycles. The number of Topliss-reactive ketones (excluding diaryl/α,β-unsaturated/α-hetero) is 2. The van der Waals surface area contributed by atoms with Crippen molar-refractivity contribution in [2.45, 2.75) is 190 Å². The molecule has 6 unspecified atom stereocenters. The third kappa shape index (κ3) is 66.8. The van der Waals surface area contributed by atoms with Crippen LogP contribution < -0.4 is 15.9 Å². The van der Waals surface area contributed by atoms with Crippen LogP contribution in [-0.4, -0.2) is 221 Å². The zero-order valence-corrected chi connectivity index (χ0v) is 76.6. The Kier molecular flexibility index (Phi) is 77.0. The molecule has 117 heavy (non-hydrogen) atoms. The monoisotopic (exact) mass is 1790 g/mol. The smallest absolute Gasteiger partial charge is 0.160 e. The number of carbonyl (C=O) groups is 3. The van der Waals surface area contributed by atoms with Gasteiger partial charge in [-0.1, -0.05) is 139 Å². The Bertz CT molecular complexity index is 2920. The summed E-state index contributed by atoms with van der Waals surface area (Å²) in [5.41, 5.74) is 6.57. The fourth-order valence-corrected chi connectivity index (χ4v) is 14.0. The number of halogens is 2. The lowest BCUT2D eigenvalue weighted by molar-refractivity contribution is -0.210. The van der Waals surface area contributed by atoms with Gasteiger partial charge in [0.2, 0.25) is 0 Å². The van der Waals surface area contributed by atoms with Crippen LogP contribution in [0, 0.1) is 5.92 Å². The first-order valence-electron chi connectivity index (χ1n) is 39.7. The van der Waals surface area contributed by atoms with Gasteiger partial charge in [-0.3, -0.25) is 9.59 Å². The molecule has 5 aliphatic heterocycles. The van der Waals surface area contributed by atoms with Crippen LogP contribution in [0.4, 0.5) is 0 Å². The molecule has 0 aliphatic carbocycles. The maximum Gasteiger partial charge on any atom is 0.160 e. The van der Waals surface area contributed by atoms with E-state index in [1.807, 2.05) is 54.7 Å². The number of hydrogen-bond donors (Lipinski definition) is 2. The Labute approximate surface area is 722 Å². The quantitative estimate of drug-likeness (QED) is 0.0101. The average Bonchev–Trinajstić information content (AvgIpc) is 0.759. The highest BCUT2D eigenvalue weighted by Gasteiger charge is 2.26. The largest absolute Gasteiger partial charge is 0.497 e. The molecule has 5 saturated heterocycles. The number of carbonyl (C=O) groups excluding carboxylic acids is 3. The molecule has 2 N–H and O–H groups in total. The van der Waals surface area contributed by atoms with E-state index in [0.29, 0.717) is 62.9 Å². The number of aldehydes is 1. The van der Waals surface area contributed by atoms with E-state index in [1.165, 1.54) is 55.4 Å². The van der Waals surface area contributed by atoms with Gasteiger partial charge in [-0.25, -0.2) is 0 Å². The highest BCUT2D eigenvalue weighted by Crippen LogP contribution is 2.43. The number of thioether (sulfide) groups is 2. The van der Waals surface area contributed by atoms with Gasteiger partial charge >= 0.3 is 0 Å². The molecule has 24 nitrogen and oxygen atoms in total. The normalized spacial score (nSPS) is 18.1. The van der Waals surface area contributed by atoms with Crippen molar-refractivity contribution >= 4 is 97.7 Å². The molecule has 668 valence electrons. The second kappa shape index (κ2) is 80.0. The maximum atomic E-state index is 10.5. The summed E-state index contributed by atoms with van der Waals surface area (Å²) in [6.07, 6.45) is 25.9. The SMILES string of the molecule is BrCOC1CCCCO1.C=C(C)CCl.C=C(C)CO/C=C(\C)COCO.C=C(C)CO/C=C(\C)COCOC1CCCCO1.CC(=O)CO.CC(=O)COCOC1CCCCO1.CC(C=O)COCOC1CCCCO1.CSCO/C=C(\C)COCOC1CCCCO1.CSCOC=P(c1ccccc1)(c1ccccc1)c1ccccc1. The average molecular weight is 1790 g/mol. The van der Waals surface area contributed by atoms with E-state index in [-0.39, 0.29) is 96.1 Å². The van der Waals surface area contributed by atoms with E-state index >= 15 is 0 Å². The van der Waals surface area contributed by atoms with Gasteiger partial charge in [-0.15, -0.1) is 35.1 Å². The molecule has 8 rings (SSSR count).